The molecule has 3 unspecified atom stereocenters. The smallest absolute Gasteiger partial charge is 0.389 e. The van der Waals surface area contributed by atoms with Gasteiger partial charge in [0.1, 0.15) is 0 Å². The molecule has 0 radical (unpaired) electrons. The van der Waals surface area contributed by atoms with Crippen LogP contribution in [0.2, 0.25) is 0 Å². The highest BCUT2D eigenvalue weighted by Crippen LogP contribution is 2.24. The fraction of sp³-hybridized carbons (Fsp3) is 1.00. The van der Waals surface area contributed by atoms with Crippen LogP contribution in [0.3, 0.4) is 0 Å². The molecule has 0 aromatic heterocycles. The Labute approximate surface area is 107 Å². The van der Waals surface area contributed by atoms with Gasteiger partial charge in [-0.15, -0.1) is 0 Å². The SMILES string of the molecule is CC(CCCC(F)(F)F)NCC1CCCCC1O. The highest BCUT2D eigenvalue weighted by atomic mass is 19.4. The van der Waals surface area contributed by atoms with Crippen LogP contribution in [0.5, 0.6) is 0 Å². The highest BCUT2D eigenvalue weighted by Gasteiger charge is 2.26. The lowest BCUT2D eigenvalue weighted by Crippen LogP contribution is -2.37. The molecule has 1 saturated carbocycles. The summed E-state index contributed by atoms with van der Waals surface area (Å²) in [7, 11) is 0. The van der Waals surface area contributed by atoms with Crippen molar-refractivity contribution in [3.8, 4) is 0 Å². The van der Waals surface area contributed by atoms with E-state index in [0.717, 1.165) is 25.7 Å². The van der Waals surface area contributed by atoms with E-state index in [2.05, 4.69) is 5.32 Å². The maximum absolute atomic E-state index is 12.0. The molecule has 1 aliphatic rings. The molecule has 0 spiro atoms. The zero-order chi connectivity index (χ0) is 13.6. The minimum atomic E-state index is -4.04. The van der Waals surface area contributed by atoms with Crippen molar-refractivity contribution < 1.29 is 18.3 Å². The standard InChI is InChI=1S/C13H24F3NO/c1-10(5-4-8-13(14,15)16)17-9-11-6-2-3-7-12(11)18/h10-12,17-18H,2-9H2,1H3. The number of rotatable bonds is 6. The Morgan fingerprint density at radius 1 is 1.28 bits per heavy atom. The first-order valence-corrected chi connectivity index (χ1v) is 6.86. The normalized spacial score (nSPS) is 27.2. The van der Waals surface area contributed by atoms with Gasteiger partial charge in [-0.2, -0.15) is 13.2 Å². The molecule has 0 aromatic carbocycles. The number of hydrogen-bond donors (Lipinski definition) is 2. The van der Waals surface area contributed by atoms with E-state index in [1.54, 1.807) is 0 Å². The van der Waals surface area contributed by atoms with Crippen LogP contribution in [0.25, 0.3) is 0 Å². The van der Waals surface area contributed by atoms with Gasteiger partial charge in [-0.3, -0.25) is 0 Å². The summed E-state index contributed by atoms with van der Waals surface area (Å²) >= 11 is 0. The van der Waals surface area contributed by atoms with E-state index in [1.165, 1.54) is 0 Å². The molecule has 3 atom stereocenters. The van der Waals surface area contributed by atoms with Gasteiger partial charge in [0.2, 0.25) is 0 Å². The molecule has 0 heterocycles. The molecule has 0 aromatic rings. The summed E-state index contributed by atoms with van der Waals surface area (Å²) in [5.74, 6) is 0.267. The van der Waals surface area contributed by atoms with E-state index in [-0.39, 0.29) is 24.5 Å². The molecule has 108 valence electrons. The highest BCUT2D eigenvalue weighted by molar-refractivity contribution is 4.77. The average Bonchev–Trinajstić information content (AvgIpc) is 2.26. The third-order valence-corrected chi connectivity index (χ3v) is 3.69. The fourth-order valence-corrected chi connectivity index (χ4v) is 2.49. The van der Waals surface area contributed by atoms with Crippen LogP contribution < -0.4 is 5.32 Å². The lowest BCUT2D eigenvalue weighted by molar-refractivity contribution is -0.135. The maximum atomic E-state index is 12.0. The molecule has 1 aliphatic carbocycles. The lowest BCUT2D eigenvalue weighted by Gasteiger charge is -2.29. The molecule has 1 fully saturated rings. The predicted molar refractivity (Wildman–Crippen MR) is 65.3 cm³/mol. The fourth-order valence-electron chi connectivity index (χ4n) is 2.49. The number of alkyl halides is 3. The Bertz CT molecular complexity index is 233. The van der Waals surface area contributed by atoms with Crippen molar-refractivity contribution in [2.75, 3.05) is 6.54 Å². The molecule has 18 heavy (non-hydrogen) atoms. The molecule has 5 heteroatoms. The minimum Gasteiger partial charge on any atom is -0.393 e. The Morgan fingerprint density at radius 2 is 1.94 bits per heavy atom. The largest absolute Gasteiger partial charge is 0.393 e. The quantitative estimate of drug-likeness (QED) is 0.774. The molecule has 0 aliphatic heterocycles. The van der Waals surface area contributed by atoms with Gasteiger partial charge in [0, 0.05) is 19.0 Å². The Balaban J connectivity index is 2.10. The molecule has 2 N–H and O–H groups in total. The second-order valence-corrected chi connectivity index (χ2v) is 5.43. The molecular formula is C13H24F3NO. The summed E-state index contributed by atoms with van der Waals surface area (Å²) in [6.45, 7) is 2.62. The van der Waals surface area contributed by atoms with Crippen molar-refractivity contribution in [2.45, 2.75) is 70.2 Å². The first-order chi connectivity index (χ1) is 8.38. The van der Waals surface area contributed by atoms with Gasteiger partial charge in [0.25, 0.3) is 0 Å². The van der Waals surface area contributed by atoms with Gasteiger partial charge in [-0.05, 0) is 38.5 Å². The predicted octanol–water partition coefficient (Wildman–Crippen LogP) is 3.25. The third-order valence-electron chi connectivity index (χ3n) is 3.69. The van der Waals surface area contributed by atoms with E-state index in [0.29, 0.717) is 13.0 Å². The van der Waals surface area contributed by atoms with Crippen LogP contribution in [-0.2, 0) is 0 Å². The van der Waals surface area contributed by atoms with E-state index in [4.69, 9.17) is 0 Å². The zero-order valence-electron chi connectivity index (χ0n) is 11.0. The lowest BCUT2D eigenvalue weighted by atomic mass is 9.86. The third kappa shape index (κ3) is 6.59. The van der Waals surface area contributed by atoms with Crippen LogP contribution in [0, 0.1) is 5.92 Å². The van der Waals surface area contributed by atoms with E-state index < -0.39 is 12.6 Å². The summed E-state index contributed by atoms with van der Waals surface area (Å²) in [6.07, 6.45) is -0.186. The summed E-state index contributed by atoms with van der Waals surface area (Å²) < 4.78 is 35.9. The van der Waals surface area contributed by atoms with Crippen molar-refractivity contribution in [2.24, 2.45) is 5.92 Å². The first-order valence-electron chi connectivity index (χ1n) is 6.86. The molecule has 0 saturated heterocycles. The second-order valence-electron chi connectivity index (χ2n) is 5.43. The van der Waals surface area contributed by atoms with Crippen molar-refractivity contribution in [1.29, 1.82) is 0 Å². The van der Waals surface area contributed by atoms with Crippen molar-refractivity contribution in [3.05, 3.63) is 0 Å². The van der Waals surface area contributed by atoms with Crippen LogP contribution in [0.15, 0.2) is 0 Å². The Morgan fingerprint density at radius 3 is 2.56 bits per heavy atom. The summed E-state index contributed by atoms with van der Waals surface area (Å²) in [5.41, 5.74) is 0. The summed E-state index contributed by atoms with van der Waals surface area (Å²) in [4.78, 5) is 0. The van der Waals surface area contributed by atoms with Crippen molar-refractivity contribution in [1.82, 2.24) is 5.32 Å². The van der Waals surface area contributed by atoms with Gasteiger partial charge in [-0.1, -0.05) is 12.8 Å². The van der Waals surface area contributed by atoms with Gasteiger partial charge in [0.05, 0.1) is 6.10 Å². The Kier molecular flexibility index (Phi) is 6.43. The Hall–Kier alpha value is -0.290. The second kappa shape index (κ2) is 7.34. The van der Waals surface area contributed by atoms with Gasteiger partial charge in [-0.25, -0.2) is 0 Å². The van der Waals surface area contributed by atoms with Gasteiger partial charge in [0.15, 0.2) is 0 Å². The van der Waals surface area contributed by atoms with Crippen molar-refractivity contribution >= 4 is 0 Å². The zero-order valence-corrected chi connectivity index (χ0v) is 11.0. The molecule has 0 bridgehead atoms. The van der Waals surface area contributed by atoms with Crippen LogP contribution in [-0.4, -0.2) is 30.0 Å². The molecule has 1 rings (SSSR count). The van der Waals surface area contributed by atoms with E-state index in [1.807, 2.05) is 6.92 Å². The van der Waals surface area contributed by atoms with Crippen molar-refractivity contribution in [3.63, 3.8) is 0 Å². The maximum Gasteiger partial charge on any atom is 0.389 e. The first kappa shape index (κ1) is 15.8. The van der Waals surface area contributed by atoms with Gasteiger partial charge >= 0.3 is 6.18 Å². The van der Waals surface area contributed by atoms with Crippen LogP contribution >= 0.6 is 0 Å². The average molecular weight is 267 g/mol. The topological polar surface area (TPSA) is 32.3 Å². The number of aliphatic hydroxyl groups is 1. The molecule has 0 amide bonds. The van der Waals surface area contributed by atoms with E-state index in [9.17, 15) is 18.3 Å². The van der Waals surface area contributed by atoms with E-state index >= 15 is 0 Å². The minimum absolute atomic E-state index is 0.0847. The summed E-state index contributed by atoms with van der Waals surface area (Å²) in [5, 5.41) is 13.0. The molecular weight excluding hydrogens is 243 g/mol. The summed E-state index contributed by atoms with van der Waals surface area (Å²) in [6, 6.07) is 0.0847. The number of hydrogen-bond acceptors (Lipinski definition) is 2. The monoisotopic (exact) mass is 267 g/mol. The number of aliphatic hydroxyl groups excluding tert-OH is 1. The number of nitrogens with one attached hydrogen (secondary N) is 1. The van der Waals surface area contributed by atoms with Gasteiger partial charge < -0.3 is 10.4 Å². The number of halogens is 3. The van der Waals surface area contributed by atoms with Crippen LogP contribution in [0.4, 0.5) is 13.2 Å². The van der Waals surface area contributed by atoms with Crippen LogP contribution in [0.1, 0.15) is 51.9 Å². The molecule has 2 nitrogen and oxygen atoms in total.